The maximum absolute atomic E-state index is 5.44. The van der Waals surface area contributed by atoms with Gasteiger partial charge in [-0.1, -0.05) is 24.3 Å². The molecule has 1 aromatic rings. The Balaban J connectivity index is 2.57. The summed E-state index contributed by atoms with van der Waals surface area (Å²) in [5.41, 5.74) is 0. The minimum absolute atomic E-state index is 0.624. The van der Waals surface area contributed by atoms with Crippen molar-refractivity contribution in [2.75, 3.05) is 6.61 Å². The first kappa shape index (κ1) is 9.33. The smallest absolute Gasteiger partial charge is 0.133 e. The van der Waals surface area contributed by atoms with Gasteiger partial charge in [-0.25, -0.2) is 0 Å². The highest BCUT2D eigenvalue weighted by atomic mass is 79.9. The molecule has 0 amide bonds. The van der Waals surface area contributed by atoms with E-state index >= 15 is 0 Å². The van der Waals surface area contributed by atoms with Crippen molar-refractivity contribution in [2.45, 2.75) is 6.92 Å². The summed E-state index contributed by atoms with van der Waals surface area (Å²) in [7, 11) is 0. The van der Waals surface area contributed by atoms with Gasteiger partial charge in [-0.3, -0.25) is 0 Å². The Morgan fingerprint density at radius 1 is 1.42 bits per heavy atom. The van der Waals surface area contributed by atoms with Gasteiger partial charge in [0.25, 0.3) is 0 Å². The van der Waals surface area contributed by atoms with Crippen LogP contribution >= 0.6 is 15.9 Å². The Morgan fingerprint density at radius 3 is 2.83 bits per heavy atom. The summed E-state index contributed by atoms with van der Waals surface area (Å²) in [6, 6.07) is 7.82. The standard InChI is InChI=1S/C10H11BrO/c1-2-3-8-12-10-7-5-4-6-9(10)11/h2-7H,8H2,1H3/b3-2-. The number of halogens is 1. The van der Waals surface area contributed by atoms with Gasteiger partial charge < -0.3 is 4.74 Å². The molecule has 0 heterocycles. The first-order valence-corrected chi connectivity index (χ1v) is 4.62. The van der Waals surface area contributed by atoms with Gasteiger partial charge in [-0.2, -0.15) is 0 Å². The Bertz CT molecular complexity index is 268. The number of ether oxygens (including phenoxy) is 1. The van der Waals surface area contributed by atoms with Gasteiger partial charge in [0, 0.05) is 0 Å². The van der Waals surface area contributed by atoms with Crippen LogP contribution in [0.1, 0.15) is 6.92 Å². The van der Waals surface area contributed by atoms with Gasteiger partial charge in [0.2, 0.25) is 0 Å². The van der Waals surface area contributed by atoms with Crippen LogP contribution in [0.15, 0.2) is 40.9 Å². The maximum Gasteiger partial charge on any atom is 0.133 e. The van der Waals surface area contributed by atoms with Crippen LogP contribution in [0.25, 0.3) is 0 Å². The van der Waals surface area contributed by atoms with Crippen LogP contribution in [0, 0.1) is 0 Å². The predicted octanol–water partition coefficient (Wildman–Crippen LogP) is 3.40. The molecular weight excluding hydrogens is 216 g/mol. The van der Waals surface area contributed by atoms with Crippen LogP contribution in [0.2, 0.25) is 0 Å². The molecule has 0 N–H and O–H groups in total. The van der Waals surface area contributed by atoms with Crippen LogP contribution in [-0.2, 0) is 0 Å². The van der Waals surface area contributed by atoms with E-state index < -0.39 is 0 Å². The molecule has 0 bridgehead atoms. The molecule has 64 valence electrons. The minimum Gasteiger partial charge on any atom is -0.488 e. The van der Waals surface area contributed by atoms with Gasteiger partial charge >= 0.3 is 0 Å². The molecule has 0 fully saturated rings. The fraction of sp³-hybridized carbons (Fsp3) is 0.200. The van der Waals surface area contributed by atoms with Crippen molar-refractivity contribution in [3.63, 3.8) is 0 Å². The van der Waals surface area contributed by atoms with Crippen LogP contribution in [0.5, 0.6) is 5.75 Å². The molecule has 12 heavy (non-hydrogen) atoms. The van der Waals surface area contributed by atoms with Crippen LogP contribution in [-0.4, -0.2) is 6.61 Å². The zero-order valence-electron chi connectivity index (χ0n) is 6.96. The average Bonchev–Trinajstić information content (AvgIpc) is 2.09. The lowest BCUT2D eigenvalue weighted by atomic mass is 10.3. The average molecular weight is 227 g/mol. The first-order valence-electron chi connectivity index (χ1n) is 3.83. The van der Waals surface area contributed by atoms with E-state index in [9.17, 15) is 0 Å². The van der Waals surface area contributed by atoms with Crippen molar-refractivity contribution >= 4 is 15.9 Å². The lowest BCUT2D eigenvalue weighted by molar-refractivity contribution is 0.360. The lowest BCUT2D eigenvalue weighted by Crippen LogP contribution is -1.93. The highest BCUT2D eigenvalue weighted by Gasteiger charge is 1.95. The summed E-state index contributed by atoms with van der Waals surface area (Å²) in [6.07, 6.45) is 3.94. The molecule has 0 saturated heterocycles. The lowest BCUT2D eigenvalue weighted by Gasteiger charge is -2.04. The third kappa shape index (κ3) is 2.70. The molecule has 0 aliphatic rings. The second-order valence-corrected chi connectivity index (χ2v) is 3.16. The van der Waals surface area contributed by atoms with Crippen LogP contribution in [0.4, 0.5) is 0 Å². The molecule has 0 unspecified atom stereocenters. The maximum atomic E-state index is 5.44. The van der Waals surface area contributed by atoms with E-state index in [1.165, 1.54) is 0 Å². The van der Waals surface area contributed by atoms with Gasteiger partial charge in [0.05, 0.1) is 4.47 Å². The van der Waals surface area contributed by atoms with Crippen molar-refractivity contribution in [1.82, 2.24) is 0 Å². The fourth-order valence-electron chi connectivity index (χ4n) is 0.796. The Kier molecular flexibility index (Phi) is 3.88. The SMILES string of the molecule is C/C=C\COc1ccccc1Br. The molecule has 1 nitrogen and oxygen atoms in total. The zero-order chi connectivity index (χ0) is 8.81. The van der Waals surface area contributed by atoms with E-state index in [4.69, 9.17) is 4.74 Å². The second-order valence-electron chi connectivity index (χ2n) is 2.31. The molecule has 0 saturated carbocycles. The summed E-state index contributed by atoms with van der Waals surface area (Å²) in [5, 5.41) is 0. The number of allylic oxidation sites excluding steroid dienone is 1. The van der Waals surface area contributed by atoms with Gasteiger partial charge in [-0.15, -0.1) is 0 Å². The molecular formula is C10H11BrO. The number of hydrogen-bond donors (Lipinski definition) is 0. The molecule has 0 aliphatic heterocycles. The summed E-state index contributed by atoms with van der Waals surface area (Å²) in [6.45, 7) is 2.60. The third-order valence-corrected chi connectivity index (χ3v) is 2.06. The fourth-order valence-corrected chi connectivity index (χ4v) is 1.20. The number of para-hydroxylation sites is 1. The summed E-state index contributed by atoms with van der Waals surface area (Å²) in [5.74, 6) is 0.885. The molecule has 1 aromatic carbocycles. The predicted molar refractivity (Wildman–Crippen MR) is 54.5 cm³/mol. The number of rotatable bonds is 3. The summed E-state index contributed by atoms with van der Waals surface area (Å²) >= 11 is 3.40. The van der Waals surface area contributed by atoms with Crippen LogP contribution in [0.3, 0.4) is 0 Å². The third-order valence-electron chi connectivity index (χ3n) is 1.41. The zero-order valence-corrected chi connectivity index (χ0v) is 8.54. The molecule has 2 heteroatoms. The molecule has 0 spiro atoms. The van der Waals surface area contributed by atoms with E-state index in [0.29, 0.717) is 6.61 Å². The molecule has 0 aromatic heterocycles. The summed E-state index contributed by atoms with van der Waals surface area (Å²) in [4.78, 5) is 0. The second kappa shape index (κ2) is 4.99. The van der Waals surface area contributed by atoms with Crippen molar-refractivity contribution in [1.29, 1.82) is 0 Å². The van der Waals surface area contributed by atoms with Gasteiger partial charge in [0.15, 0.2) is 0 Å². The summed E-state index contributed by atoms with van der Waals surface area (Å²) < 4.78 is 6.44. The quantitative estimate of drug-likeness (QED) is 0.719. The number of hydrogen-bond acceptors (Lipinski definition) is 1. The van der Waals surface area contributed by atoms with Crippen molar-refractivity contribution in [2.24, 2.45) is 0 Å². The Morgan fingerprint density at radius 2 is 2.17 bits per heavy atom. The first-order chi connectivity index (χ1) is 5.84. The van der Waals surface area contributed by atoms with E-state index in [-0.39, 0.29) is 0 Å². The normalized spacial score (nSPS) is 10.5. The van der Waals surface area contributed by atoms with E-state index in [1.54, 1.807) is 0 Å². The largest absolute Gasteiger partial charge is 0.488 e. The van der Waals surface area contributed by atoms with Gasteiger partial charge in [0.1, 0.15) is 12.4 Å². The Labute approximate surface area is 81.2 Å². The highest BCUT2D eigenvalue weighted by molar-refractivity contribution is 9.10. The van der Waals surface area contributed by atoms with Crippen molar-refractivity contribution in [3.05, 3.63) is 40.9 Å². The Hall–Kier alpha value is -0.760. The minimum atomic E-state index is 0.624. The van der Waals surface area contributed by atoms with E-state index in [0.717, 1.165) is 10.2 Å². The molecule has 0 radical (unpaired) electrons. The molecule has 0 aliphatic carbocycles. The highest BCUT2D eigenvalue weighted by Crippen LogP contribution is 2.23. The molecule has 1 rings (SSSR count). The van der Waals surface area contributed by atoms with E-state index in [1.807, 2.05) is 43.3 Å². The van der Waals surface area contributed by atoms with Gasteiger partial charge in [-0.05, 0) is 35.0 Å². The topological polar surface area (TPSA) is 9.23 Å². The van der Waals surface area contributed by atoms with Crippen molar-refractivity contribution < 1.29 is 4.74 Å². The monoisotopic (exact) mass is 226 g/mol. The van der Waals surface area contributed by atoms with Crippen molar-refractivity contribution in [3.8, 4) is 5.75 Å². The number of benzene rings is 1. The van der Waals surface area contributed by atoms with Crippen LogP contribution < -0.4 is 4.74 Å². The molecule has 0 atom stereocenters. The van der Waals surface area contributed by atoms with E-state index in [2.05, 4.69) is 15.9 Å².